The zero-order valence-corrected chi connectivity index (χ0v) is 12.5. The Morgan fingerprint density at radius 2 is 2.00 bits per heavy atom. The third-order valence-corrected chi connectivity index (χ3v) is 4.14. The second-order valence-electron chi connectivity index (χ2n) is 5.01. The van der Waals surface area contributed by atoms with E-state index in [9.17, 15) is 9.59 Å². The molecule has 4 nitrogen and oxygen atoms in total. The number of halogens is 1. The number of hydrogen-bond donors (Lipinski definition) is 2. The van der Waals surface area contributed by atoms with Gasteiger partial charge < -0.3 is 4.98 Å². The van der Waals surface area contributed by atoms with Crippen LogP contribution >= 0.6 is 15.9 Å². The Bertz CT molecular complexity index is 858. The van der Waals surface area contributed by atoms with Gasteiger partial charge in [0.2, 0.25) is 0 Å². The molecule has 1 unspecified atom stereocenters. The van der Waals surface area contributed by atoms with Crippen LogP contribution in [0, 0.1) is 5.92 Å². The summed E-state index contributed by atoms with van der Waals surface area (Å²) >= 11 is 3.51. The Labute approximate surface area is 123 Å². The summed E-state index contributed by atoms with van der Waals surface area (Å²) in [6.07, 6.45) is 5.06. The summed E-state index contributed by atoms with van der Waals surface area (Å²) in [6, 6.07) is 5.55. The Hall–Kier alpha value is -1.88. The molecule has 5 heteroatoms. The molecule has 0 saturated heterocycles. The summed E-state index contributed by atoms with van der Waals surface area (Å²) in [5.74, 6) is 0.383. The number of rotatable bonds is 1. The first-order valence-corrected chi connectivity index (χ1v) is 7.17. The smallest absolute Gasteiger partial charge is 0.307 e. The molecule has 0 spiro atoms. The van der Waals surface area contributed by atoms with Crippen LogP contribution < -0.4 is 11.2 Å². The molecule has 1 atom stereocenters. The first-order chi connectivity index (χ1) is 9.54. The highest BCUT2D eigenvalue weighted by atomic mass is 79.9. The maximum Gasteiger partial charge on any atom is 0.326 e. The maximum atomic E-state index is 11.9. The number of H-pyrrole nitrogens is 2. The fraction of sp³-hybridized carbons (Fsp3) is 0.200. The van der Waals surface area contributed by atoms with Crippen molar-refractivity contribution in [3.8, 4) is 0 Å². The monoisotopic (exact) mass is 332 g/mol. The van der Waals surface area contributed by atoms with Crippen LogP contribution in [-0.2, 0) is 0 Å². The van der Waals surface area contributed by atoms with Gasteiger partial charge >= 0.3 is 5.69 Å². The molecule has 2 N–H and O–H groups in total. The highest BCUT2D eigenvalue weighted by Gasteiger charge is 2.16. The maximum absolute atomic E-state index is 11.9. The molecule has 1 aromatic heterocycles. The van der Waals surface area contributed by atoms with E-state index in [0.717, 1.165) is 12.0 Å². The number of nitrogens with one attached hydrogen (secondary N) is 2. The number of allylic oxidation sites excluding steroid dienone is 4. The molecule has 0 fully saturated rings. The Morgan fingerprint density at radius 3 is 2.75 bits per heavy atom. The minimum Gasteiger partial charge on any atom is -0.307 e. The lowest BCUT2D eigenvalue weighted by molar-refractivity contribution is 0.753. The quantitative estimate of drug-likeness (QED) is 0.843. The van der Waals surface area contributed by atoms with Crippen molar-refractivity contribution in [1.82, 2.24) is 9.97 Å². The summed E-state index contributed by atoms with van der Waals surface area (Å²) in [5, 5.41) is 0.504. The van der Waals surface area contributed by atoms with Crippen molar-refractivity contribution in [2.75, 3.05) is 0 Å². The minimum atomic E-state index is -0.479. The molecule has 2 aromatic rings. The molecule has 0 bridgehead atoms. The molecule has 1 heterocycles. The predicted molar refractivity (Wildman–Crippen MR) is 84.0 cm³/mol. The number of aromatic amines is 2. The molecule has 3 rings (SSSR count). The Kier molecular flexibility index (Phi) is 3.22. The van der Waals surface area contributed by atoms with Crippen LogP contribution in [0.25, 0.3) is 16.5 Å². The van der Waals surface area contributed by atoms with Gasteiger partial charge in [-0.15, -0.1) is 0 Å². The number of benzene rings is 1. The molecule has 1 aromatic carbocycles. The first-order valence-electron chi connectivity index (χ1n) is 6.37. The summed E-state index contributed by atoms with van der Waals surface area (Å²) in [6.45, 7) is 2.15. The molecular formula is C15H13BrN2O2. The van der Waals surface area contributed by atoms with Gasteiger partial charge in [-0.1, -0.05) is 41.1 Å². The predicted octanol–water partition coefficient (Wildman–Crippen LogP) is 2.92. The van der Waals surface area contributed by atoms with Gasteiger partial charge in [-0.05, 0) is 40.1 Å². The van der Waals surface area contributed by atoms with E-state index in [-0.39, 0.29) is 5.56 Å². The summed E-state index contributed by atoms with van der Waals surface area (Å²) in [4.78, 5) is 28.0. The standard InChI is InChI=1S/C15H13BrN2O2/c1-8-6-10(16)3-4-11(8)9-2-5-13-12(7-9)14(19)18-15(20)17-13/h2-5,7-8H,6H2,1H3,(H2,17,18,19,20). The van der Waals surface area contributed by atoms with E-state index >= 15 is 0 Å². The third-order valence-electron chi connectivity index (χ3n) is 3.55. The molecule has 0 aliphatic heterocycles. The van der Waals surface area contributed by atoms with Gasteiger partial charge in [0.05, 0.1) is 10.9 Å². The first kappa shape index (κ1) is 13.1. The molecule has 1 aliphatic rings. The minimum absolute atomic E-state index is 0.355. The Morgan fingerprint density at radius 1 is 1.20 bits per heavy atom. The van der Waals surface area contributed by atoms with Gasteiger partial charge in [0.15, 0.2) is 0 Å². The van der Waals surface area contributed by atoms with E-state index in [2.05, 4.69) is 38.9 Å². The largest absolute Gasteiger partial charge is 0.326 e. The van der Waals surface area contributed by atoms with Crippen LogP contribution in [0.5, 0.6) is 0 Å². The molecule has 0 amide bonds. The van der Waals surface area contributed by atoms with E-state index < -0.39 is 5.69 Å². The summed E-state index contributed by atoms with van der Waals surface area (Å²) < 4.78 is 1.18. The van der Waals surface area contributed by atoms with Gasteiger partial charge in [0, 0.05) is 0 Å². The molecular weight excluding hydrogens is 320 g/mol. The fourth-order valence-electron chi connectivity index (χ4n) is 2.54. The van der Waals surface area contributed by atoms with E-state index in [1.165, 1.54) is 10.1 Å². The topological polar surface area (TPSA) is 65.7 Å². The normalized spacial score (nSPS) is 18.8. The van der Waals surface area contributed by atoms with Gasteiger partial charge in [-0.25, -0.2) is 4.79 Å². The van der Waals surface area contributed by atoms with Gasteiger partial charge in [-0.3, -0.25) is 9.78 Å². The average molecular weight is 333 g/mol. The SMILES string of the molecule is CC1CC(Br)=CC=C1c1ccc2[nH]c(=O)[nH]c(=O)c2c1. The second kappa shape index (κ2) is 4.90. The van der Waals surface area contributed by atoms with Crippen molar-refractivity contribution < 1.29 is 0 Å². The van der Waals surface area contributed by atoms with E-state index in [1.807, 2.05) is 18.2 Å². The van der Waals surface area contributed by atoms with E-state index in [4.69, 9.17) is 0 Å². The van der Waals surface area contributed by atoms with Gasteiger partial charge in [-0.2, -0.15) is 0 Å². The summed E-state index contributed by atoms with van der Waals surface area (Å²) in [7, 11) is 0. The van der Waals surface area contributed by atoms with Crippen molar-refractivity contribution in [2.45, 2.75) is 13.3 Å². The number of hydrogen-bond acceptors (Lipinski definition) is 2. The lowest BCUT2D eigenvalue weighted by Crippen LogP contribution is -2.21. The molecule has 1 aliphatic carbocycles. The lowest BCUT2D eigenvalue weighted by atomic mass is 9.88. The van der Waals surface area contributed by atoms with Crippen LogP contribution in [0.4, 0.5) is 0 Å². The molecule has 102 valence electrons. The zero-order chi connectivity index (χ0) is 14.3. The lowest BCUT2D eigenvalue weighted by Gasteiger charge is -2.19. The summed E-state index contributed by atoms with van der Waals surface area (Å²) in [5.41, 5.74) is 1.93. The van der Waals surface area contributed by atoms with Crippen molar-refractivity contribution >= 4 is 32.4 Å². The Balaban J connectivity index is 2.19. The van der Waals surface area contributed by atoms with Gasteiger partial charge in [0.1, 0.15) is 0 Å². The second-order valence-corrected chi connectivity index (χ2v) is 6.03. The van der Waals surface area contributed by atoms with E-state index in [0.29, 0.717) is 16.8 Å². The van der Waals surface area contributed by atoms with Crippen molar-refractivity contribution in [3.05, 3.63) is 61.2 Å². The molecule has 0 saturated carbocycles. The third kappa shape index (κ3) is 2.29. The van der Waals surface area contributed by atoms with Crippen LogP contribution in [-0.4, -0.2) is 9.97 Å². The highest BCUT2D eigenvalue weighted by molar-refractivity contribution is 9.11. The number of fused-ring (bicyclic) bond motifs is 1. The highest BCUT2D eigenvalue weighted by Crippen LogP contribution is 2.34. The van der Waals surface area contributed by atoms with Crippen LogP contribution in [0.3, 0.4) is 0 Å². The van der Waals surface area contributed by atoms with Crippen LogP contribution in [0.2, 0.25) is 0 Å². The van der Waals surface area contributed by atoms with Crippen LogP contribution in [0.15, 0.2) is 44.4 Å². The average Bonchev–Trinajstić information content (AvgIpc) is 2.38. The van der Waals surface area contributed by atoms with Crippen molar-refractivity contribution in [3.63, 3.8) is 0 Å². The zero-order valence-electron chi connectivity index (χ0n) is 10.9. The van der Waals surface area contributed by atoms with E-state index in [1.54, 1.807) is 6.07 Å². The molecule has 20 heavy (non-hydrogen) atoms. The van der Waals surface area contributed by atoms with Crippen molar-refractivity contribution in [1.29, 1.82) is 0 Å². The van der Waals surface area contributed by atoms with Crippen molar-refractivity contribution in [2.24, 2.45) is 5.92 Å². The fourth-order valence-corrected chi connectivity index (χ4v) is 3.16. The van der Waals surface area contributed by atoms with Gasteiger partial charge in [0.25, 0.3) is 5.56 Å². The van der Waals surface area contributed by atoms with Crippen LogP contribution in [0.1, 0.15) is 18.9 Å². The number of aromatic nitrogens is 2. The molecule has 0 radical (unpaired) electrons.